The number of halogens is 1. The van der Waals surface area contributed by atoms with E-state index in [-0.39, 0.29) is 0 Å². The Kier molecular flexibility index (Phi) is 5.16. The summed E-state index contributed by atoms with van der Waals surface area (Å²) in [7, 11) is 0. The van der Waals surface area contributed by atoms with E-state index in [2.05, 4.69) is 26.1 Å². The smallest absolute Gasteiger partial charge is 0.321 e. The van der Waals surface area contributed by atoms with Crippen LogP contribution >= 0.6 is 27.7 Å². The van der Waals surface area contributed by atoms with Gasteiger partial charge in [-0.25, -0.2) is 0 Å². The van der Waals surface area contributed by atoms with E-state index in [0.29, 0.717) is 23.3 Å². The van der Waals surface area contributed by atoms with Crippen LogP contribution in [0.3, 0.4) is 0 Å². The summed E-state index contributed by atoms with van der Waals surface area (Å²) in [6, 6.07) is 6.64. The first-order chi connectivity index (χ1) is 9.56. The van der Waals surface area contributed by atoms with Gasteiger partial charge in [0.05, 0.1) is 5.75 Å². The number of nitrogens with two attached hydrogens (primary N) is 1. The summed E-state index contributed by atoms with van der Waals surface area (Å²) in [6.45, 7) is 0. The van der Waals surface area contributed by atoms with Crippen LogP contribution in [0, 0.1) is 0 Å². The van der Waals surface area contributed by atoms with Crippen LogP contribution in [0.4, 0.5) is 0 Å². The molecule has 0 aliphatic heterocycles. The Morgan fingerprint density at radius 1 is 1.40 bits per heavy atom. The fourth-order valence-electron chi connectivity index (χ4n) is 1.37. The second kappa shape index (κ2) is 6.87. The molecule has 0 amide bonds. The molecule has 0 fully saturated rings. The largest absolute Gasteiger partial charge is 0.480 e. The Morgan fingerprint density at radius 3 is 2.75 bits per heavy atom. The number of nitrogens with zero attached hydrogens (tertiary/aromatic N) is 2. The molecule has 0 unspecified atom stereocenters. The van der Waals surface area contributed by atoms with Crippen LogP contribution in [0.1, 0.15) is 5.89 Å². The molecule has 8 heteroatoms. The molecule has 0 saturated heterocycles. The van der Waals surface area contributed by atoms with Crippen molar-refractivity contribution in [3.05, 3.63) is 34.6 Å². The Morgan fingerprint density at radius 2 is 2.10 bits per heavy atom. The molecule has 106 valence electrons. The van der Waals surface area contributed by atoms with Crippen LogP contribution in [0.2, 0.25) is 0 Å². The van der Waals surface area contributed by atoms with E-state index in [0.717, 1.165) is 10.0 Å². The topological polar surface area (TPSA) is 102 Å². The normalized spacial score (nSPS) is 12.3. The van der Waals surface area contributed by atoms with E-state index < -0.39 is 12.0 Å². The lowest BCUT2D eigenvalue weighted by atomic mass is 10.2. The maximum atomic E-state index is 10.6. The molecule has 2 aromatic rings. The SMILES string of the molecule is N[C@@H](CSCc1nnc(-c2ccc(Br)cc2)o1)C(=O)O. The maximum absolute atomic E-state index is 10.6. The third-order valence-corrected chi connectivity index (χ3v) is 3.97. The summed E-state index contributed by atoms with van der Waals surface area (Å²) in [5, 5.41) is 16.5. The Labute approximate surface area is 127 Å². The number of carboxylic acids is 1. The van der Waals surface area contributed by atoms with Gasteiger partial charge in [-0.1, -0.05) is 15.9 Å². The molecule has 2 rings (SSSR count). The first kappa shape index (κ1) is 15.0. The van der Waals surface area contributed by atoms with E-state index in [1.807, 2.05) is 24.3 Å². The highest BCUT2D eigenvalue weighted by Gasteiger charge is 2.13. The Balaban J connectivity index is 1.92. The summed E-state index contributed by atoms with van der Waals surface area (Å²) in [4.78, 5) is 10.6. The molecule has 6 nitrogen and oxygen atoms in total. The zero-order valence-electron chi connectivity index (χ0n) is 10.3. The lowest BCUT2D eigenvalue weighted by Gasteiger charge is -2.03. The molecule has 0 aliphatic carbocycles. The molecule has 0 aliphatic rings. The molecule has 1 heterocycles. The van der Waals surface area contributed by atoms with Crippen molar-refractivity contribution in [1.82, 2.24) is 10.2 Å². The highest BCUT2D eigenvalue weighted by molar-refractivity contribution is 9.10. The Bertz CT molecular complexity index is 588. The maximum Gasteiger partial charge on any atom is 0.321 e. The summed E-state index contributed by atoms with van der Waals surface area (Å²) < 4.78 is 6.48. The minimum absolute atomic E-state index is 0.297. The highest BCUT2D eigenvalue weighted by atomic mass is 79.9. The van der Waals surface area contributed by atoms with Gasteiger partial charge in [0.15, 0.2) is 0 Å². The molecule has 3 N–H and O–H groups in total. The Hall–Kier alpha value is -1.38. The minimum atomic E-state index is -1.02. The van der Waals surface area contributed by atoms with Crippen molar-refractivity contribution in [1.29, 1.82) is 0 Å². The quantitative estimate of drug-likeness (QED) is 0.816. The first-order valence-electron chi connectivity index (χ1n) is 5.70. The van der Waals surface area contributed by atoms with Gasteiger partial charge in [-0.2, -0.15) is 0 Å². The van der Waals surface area contributed by atoms with E-state index >= 15 is 0 Å². The predicted molar refractivity (Wildman–Crippen MR) is 79.2 cm³/mol. The molecule has 1 aromatic carbocycles. The van der Waals surface area contributed by atoms with Crippen LogP contribution in [0.25, 0.3) is 11.5 Å². The molecule has 0 saturated carbocycles. The number of carbonyl (C=O) groups is 1. The number of hydrogen-bond donors (Lipinski definition) is 2. The first-order valence-corrected chi connectivity index (χ1v) is 7.65. The van der Waals surface area contributed by atoms with Crippen molar-refractivity contribution < 1.29 is 14.3 Å². The van der Waals surface area contributed by atoms with Crippen LogP contribution in [-0.2, 0) is 10.5 Å². The van der Waals surface area contributed by atoms with Crippen LogP contribution in [0.15, 0.2) is 33.2 Å². The van der Waals surface area contributed by atoms with E-state index in [9.17, 15) is 4.79 Å². The van der Waals surface area contributed by atoms with Crippen molar-refractivity contribution in [3.63, 3.8) is 0 Å². The van der Waals surface area contributed by atoms with Gasteiger partial charge in [0.25, 0.3) is 0 Å². The number of aliphatic carboxylic acids is 1. The second-order valence-corrected chi connectivity index (χ2v) is 5.91. The zero-order valence-corrected chi connectivity index (χ0v) is 12.7. The van der Waals surface area contributed by atoms with Crippen molar-refractivity contribution in [2.75, 3.05) is 5.75 Å². The molecule has 0 spiro atoms. The average Bonchev–Trinajstić information content (AvgIpc) is 2.88. The molecule has 0 bridgehead atoms. The molecule has 20 heavy (non-hydrogen) atoms. The molecule has 1 atom stereocenters. The van der Waals surface area contributed by atoms with Gasteiger partial charge >= 0.3 is 5.97 Å². The number of hydrogen-bond acceptors (Lipinski definition) is 6. The third-order valence-electron chi connectivity index (χ3n) is 2.40. The summed E-state index contributed by atoms with van der Waals surface area (Å²) in [5.41, 5.74) is 6.23. The highest BCUT2D eigenvalue weighted by Crippen LogP contribution is 2.22. The van der Waals surface area contributed by atoms with Gasteiger partial charge in [0, 0.05) is 15.8 Å². The average molecular weight is 358 g/mol. The summed E-state index contributed by atoms with van der Waals surface area (Å²) in [6.07, 6.45) is 0. The van der Waals surface area contributed by atoms with Crippen molar-refractivity contribution in [3.8, 4) is 11.5 Å². The second-order valence-electron chi connectivity index (χ2n) is 3.97. The summed E-state index contributed by atoms with van der Waals surface area (Å²) in [5.74, 6) is 0.607. The van der Waals surface area contributed by atoms with Gasteiger partial charge in [-0.15, -0.1) is 22.0 Å². The van der Waals surface area contributed by atoms with Gasteiger partial charge in [-0.05, 0) is 24.3 Å². The molecular weight excluding hydrogens is 346 g/mol. The summed E-state index contributed by atoms with van der Waals surface area (Å²) >= 11 is 4.70. The number of rotatable bonds is 6. The number of aromatic nitrogens is 2. The molecular formula is C12H12BrN3O3S. The van der Waals surface area contributed by atoms with Crippen molar-refractivity contribution in [2.45, 2.75) is 11.8 Å². The van der Waals surface area contributed by atoms with Crippen molar-refractivity contribution >= 4 is 33.7 Å². The number of benzene rings is 1. The number of thioether (sulfide) groups is 1. The van der Waals surface area contributed by atoms with Crippen molar-refractivity contribution in [2.24, 2.45) is 5.73 Å². The number of carboxylic acid groups (broad SMARTS) is 1. The fraction of sp³-hybridized carbons (Fsp3) is 0.250. The molecule has 0 radical (unpaired) electrons. The van der Waals surface area contributed by atoms with Crippen LogP contribution in [-0.4, -0.2) is 33.1 Å². The lowest BCUT2D eigenvalue weighted by Crippen LogP contribution is -2.32. The third kappa shape index (κ3) is 4.06. The fourth-order valence-corrected chi connectivity index (χ4v) is 2.44. The van der Waals surface area contributed by atoms with E-state index in [1.165, 1.54) is 11.8 Å². The van der Waals surface area contributed by atoms with E-state index in [4.69, 9.17) is 15.3 Å². The van der Waals surface area contributed by atoms with E-state index in [1.54, 1.807) is 0 Å². The van der Waals surface area contributed by atoms with Gasteiger partial charge < -0.3 is 15.3 Å². The van der Waals surface area contributed by atoms with Gasteiger partial charge in [0.2, 0.25) is 11.8 Å². The predicted octanol–water partition coefficient (Wildman–Crippen LogP) is 2.14. The zero-order chi connectivity index (χ0) is 14.5. The molecule has 1 aromatic heterocycles. The van der Waals surface area contributed by atoms with Gasteiger partial charge in [0.1, 0.15) is 6.04 Å². The van der Waals surface area contributed by atoms with Crippen LogP contribution < -0.4 is 5.73 Å². The standard InChI is InChI=1S/C12H12BrN3O3S/c13-8-3-1-7(2-4-8)11-16-15-10(19-11)6-20-5-9(14)12(17)18/h1-4,9H,5-6,14H2,(H,17,18)/t9-/m0/s1. The lowest BCUT2D eigenvalue weighted by molar-refractivity contribution is -0.137. The monoisotopic (exact) mass is 357 g/mol. The minimum Gasteiger partial charge on any atom is -0.480 e. The van der Waals surface area contributed by atoms with Crippen LogP contribution in [0.5, 0.6) is 0 Å². The van der Waals surface area contributed by atoms with Gasteiger partial charge in [-0.3, -0.25) is 4.79 Å².